The number of ketones is 1. The van der Waals surface area contributed by atoms with Gasteiger partial charge in [-0.3, -0.25) is 4.79 Å². The van der Waals surface area contributed by atoms with Gasteiger partial charge in [0.2, 0.25) is 0 Å². The Balaban J connectivity index is 1.55. The van der Waals surface area contributed by atoms with Crippen molar-refractivity contribution in [2.75, 3.05) is 18.0 Å². The number of phenolic OH excluding ortho intramolecular Hbond substituents is 1. The van der Waals surface area contributed by atoms with Crippen LogP contribution in [-0.2, 0) is 34.4 Å². The fourth-order valence-electron chi connectivity index (χ4n) is 6.77. The van der Waals surface area contributed by atoms with E-state index in [1.807, 2.05) is 25.1 Å². The van der Waals surface area contributed by atoms with E-state index in [0.717, 1.165) is 54.4 Å². The Morgan fingerprint density at radius 2 is 1.87 bits per heavy atom. The maximum absolute atomic E-state index is 13.5. The molecule has 0 aromatic heterocycles. The lowest BCUT2D eigenvalue weighted by Crippen LogP contribution is -2.38. The molecule has 1 spiro atoms. The summed E-state index contributed by atoms with van der Waals surface area (Å²) in [6.45, 7) is 3.84. The molecule has 0 amide bonds. The molecule has 0 saturated heterocycles. The van der Waals surface area contributed by atoms with Crippen LogP contribution >= 0.6 is 27.5 Å². The molecule has 6 nitrogen and oxygen atoms in total. The van der Waals surface area contributed by atoms with Crippen molar-refractivity contribution in [1.82, 2.24) is 0 Å². The number of hydrogen-bond acceptors (Lipinski definition) is 6. The van der Waals surface area contributed by atoms with Gasteiger partial charge >= 0.3 is 5.97 Å². The van der Waals surface area contributed by atoms with Crippen molar-refractivity contribution in [3.05, 3.63) is 78.8 Å². The second-order valence-electron chi connectivity index (χ2n) is 10.8. The third-order valence-corrected chi connectivity index (χ3v) is 9.45. The van der Waals surface area contributed by atoms with Crippen molar-refractivity contribution in [1.29, 1.82) is 0 Å². The highest BCUT2D eigenvalue weighted by Gasteiger charge is 2.55. The molecule has 200 valence electrons. The predicted octanol–water partition coefficient (Wildman–Crippen LogP) is 6.99. The van der Waals surface area contributed by atoms with E-state index in [2.05, 4.69) is 26.9 Å². The summed E-state index contributed by atoms with van der Waals surface area (Å²) < 4.78 is 13.9. The van der Waals surface area contributed by atoms with Crippen LogP contribution in [0.5, 0.6) is 17.2 Å². The number of carbonyl (C=O) groups excluding carboxylic acids is 2. The van der Waals surface area contributed by atoms with Gasteiger partial charge in [0.05, 0.1) is 5.56 Å². The maximum Gasteiger partial charge on any atom is 0.340 e. The third-order valence-electron chi connectivity index (χ3n) is 8.60. The molecule has 1 atom stereocenters. The molecule has 0 saturated carbocycles. The summed E-state index contributed by atoms with van der Waals surface area (Å²) in [7, 11) is 0. The van der Waals surface area contributed by atoms with Crippen molar-refractivity contribution in [2.24, 2.45) is 0 Å². The standard InChI is InChI=1S/C31H27BrClNO5/c1-2-19(35)9-7-17-14-24-29(25(33)27(17)36)38-28-21-6-4-12-34-11-3-5-16(26(21)34)13-23(28)31(24)22-15-18(32)8-10-20(22)30(37)39-31/h8,10,13-15,36H,2-7,9,11-12H2,1H3. The summed E-state index contributed by atoms with van der Waals surface area (Å²) in [4.78, 5) is 28.0. The molecule has 0 aliphatic carbocycles. The summed E-state index contributed by atoms with van der Waals surface area (Å²) in [5.41, 5.74) is 5.33. The SMILES string of the molecule is CCC(=O)CCc1cc2c(c(Cl)c1O)Oc1c(cc3c4c1CCCN4CCC3)C21OC(=O)c2ccc(Br)cc21. The van der Waals surface area contributed by atoms with E-state index in [9.17, 15) is 14.7 Å². The molecule has 3 aromatic rings. The van der Waals surface area contributed by atoms with Gasteiger partial charge in [-0.2, -0.15) is 0 Å². The lowest BCUT2D eigenvalue weighted by atomic mass is 9.74. The molecule has 8 heteroatoms. The predicted molar refractivity (Wildman–Crippen MR) is 152 cm³/mol. The van der Waals surface area contributed by atoms with E-state index < -0.39 is 11.6 Å². The number of carbonyl (C=O) groups is 2. The number of hydrogen-bond donors (Lipinski definition) is 1. The zero-order valence-electron chi connectivity index (χ0n) is 21.5. The van der Waals surface area contributed by atoms with Crippen molar-refractivity contribution >= 4 is 45.0 Å². The van der Waals surface area contributed by atoms with Gasteiger partial charge in [0.1, 0.15) is 22.3 Å². The van der Waals surface area contributed by atoms with Crippen molar-refractivity contribution in [3.63, 3.8) is 0 Å². The van der Waals surface area contributed by atoms with Crippen LogP contribution < -0.4 is 9.64 Å². The molecule has 0 fully saturated rings. The van der Waals surface area contributed by atoms with Gasteiger partial charge in [-0.1, -0.05) is 34.5 Å². The maximum atomic E-state index is 13.5. The van der Waals surface area contributed by atoms with Gasteiger partial charge in [-0.05, 0) is 73.6 Å². The number of ether oxygens (including phenoxy) is 2. The van der Waals surface area contributed by atoms with E-state index in [4.69, 9.17) is 21.1 Å². The number of phenols is 1. The topological polar surface area (TPSA) is 76.1 Å². The minimum atomic E-state index is -1.30. The number of halogens is 2. The largest absolute Gasteiger partial charge is 0.506 e. The smallest absolute Gasteiger partial charge is 0.340 e. The van der Waals surface area contributed by atoms with Crippen LogP contribution in [0, 0.1) is 0 Å². The number of esters is 1. The zero-order chi connectivity index (χ0) is 27.1. The van der Waals surface area contributed by atoms with Crippen LogP contribution in [0.2, 0.25) is 5.02 Å². The summed E-state index contributed by atoms with van der Waals surface area (Å²) in [6, 6.07) is 9.50. The highest BCUT2D eigenvalue weighted by Crippen LogP contribution is 2.62. The lowest BCUT2D eigenvalue weighted by molar-refractivity contribution is -0.118. The van der Waals surface area contributed by atoms with Gasteiger partial charge in [0, 0.05) is 58.3 Å². The van der Waals surface area contributed by atoms with Gasteiger partial charge in [0.15, 0.2) is 11.4 Å². The molecule has 1 unspecified atom stereocenters. The van der Waals surface area contributed by atoms with Gasteiger partial charge in [-0.25, -0.2) is 4.79 Å². The van der Waals surface area contributed by atoms with Crippen LogP contribution in [-0.4, -0.2) is 29.9 Å². The highest BCUT2D eigenvalue weighted by molar-refractivity contribution is 9.10. The Hall–Kier alpha value is -3.03. The number of aryl methyl sites for hydroxylation is 2. The first-order chi connectivity index (χ1) is 18.8. The van der Waals surface area contributed by atoms with E-state index >= 15 is 0 Å². The number of benzene rings is 3. The Bertz CT molecular complexity index is 1600. The number of Topliss-reactive ketones (excluding diaryl/α,β-unsaturated/α-hetero) is 1. The summed E-state index contributed by atoms with van der Waals surface area (Å²) in [5, 5.41) is 11.2. The number of aromatic hydroxyl groups is 1. The van der Waals surface area contributed by atoms with E-state index in [1.54, 1.807) is 6.07 Å². The fourth-order valence-corrected chi connectivity index (χ4v) is 7.39. The monoisotopic (exact) mass is 607 g/mol. The Kier molecular flexibility index (Phi) is 5.76. The van der Waals surface area contributed by atoms with E-state index in [1.165, 1.54) is 11.3 Å². The first-order valence-corrected chi connectivity index (χ1v) is 14.7. The molecule has 4 heterocycles. The average molecular weight is 609 g/mol. The lowest BCUT2D eigenvalue weighted by Gasteiger charge is -2.43. The summed E-state index contributed by atoms with van der Waals surface area (Å²) in [6.07, 6.45) is 4.85. The quantitative estimate of drug-likeness (QED) is 0.322. The van der Waals surface area contributed by atoms with E-state index in [0.29, 0.717) is 40.8 Å². The number of nitrogens with zero attached hydrogens (tertiary/aromatic N) is 1. The molecule has 3 aromatic carbocycles. The van der Waals surface area contributed by atoms with Crippen LogP contribution in [0.3, 0.4) is 0 Å². The molecule has 4 aliphatic rings. The average Bonchev–Trinajstić information content (AvgIpc) is 3.22. The third kappa shape index (κ3) is 3.52. The minimum Gasteiger partial charge on any atom is -0.506 e. The molecule has 4 aliphatic heterocycles. The Labute approximate surface area is 240 Å². The van der Waals surface area contributed by atoms with Gasteiger partial charge in [0.25, 0.3) is 0 Å². The highest BCUT2D eigenvalue weighted by atomic mass is 79.9. The molecule has 7 rings (SSSR count). The summed E-state index contributed by atoms with van der Waals surface area (Å²) in [5.74, 6) is 0.512. The Morgan fingerprint density at radius 1 is 1.10 bits per heavy atom. The van der Waals surface area contributed by atoms with Crippen molar-refractivity contribution < 1.29 is 24.2 Å². The normalized spacial score (nSPS) is 20.1. The second-order valence-corrected chi connectivity index (χ2v) is 12.1. The molecular formula is C31H27BrClNO5. The van der Waals surface area contributed by atoms with Crippen LogP contribution in [0.4, 0.5) is 5.69 Å². The minimum absolute atomic E-state index is 0.0635. The number of rotatable bonds is 4. The van der Waals surface area contributed by atoms with Crippen LogP contribution in [0.1, 0.15) is 76.3 Å². The van der Waals surface area contributed by atoms with Crippen LogP contribution in [0.15, 0.2) is 34.8 Å². The van der Waals surface area contributed by atoms with Gasteiger partial charge < -0.3 is 19.5 Å². The van der Waals surface area contributed by atoms with Gasteiger partial charge in [-0.15, -0.1) is 0 Å². The first-order valence-electron chi connectivity index (χ1n) is 13.5. The number of fused-ring (bicyclic) bond motifs is 7. The fraction of sp³-hybridized carbons (Fsp3) is 0.355. The molecular weight excluding hydrogens is 582 g/mol. The van der Waals surface area contributed by atoms with Crippen molar-refractivity contribution in [3.8, 4) is 17.2 Å². The van der Waals surface area contributed by atoms with Crippen molar-refractivity contribution in [2.45, 2.75) is 57.5 Å². The molecule has 1 N–H and O–H groups in total. The second kappa shape index (κ2) is 9.00. The molecule has 0 bridgehead atoms. The van der Waals surface area contributed by atoms with E-state index in [-0.39, 0.29) is 28.7 Å². The first kappa shape index (κ1) is 25.0. The summed E-state index contributed by atoms with van der Waals surface area (Å²) >= 11 is 10.5. The zero-order valence-corrected chi connectivity index (χ0v) is 23.9. The van der Waals surface area contributed by atoms with Crippen LogP contribution in [0.25, 0.3) is 0 Å². The molecule has 39 heavy (non-hydrogen) atoms. The Morgan fingerprint density at radius 3 is 2.67 bits per heavy atom. The number of anilines is 1. The molecule has 0 radical (unpaired) electrons.